The Kier molecular flexibility index (Phi) is 6.36. The molecule has 5 rings (SSSR count). The molecular formula is C25H24FN5O5. The van der Waals surface area contributed by atoms with E-state index in [4.69, 9.17) is 13.9 Å². The maximum Gasteiger partial charge on any atom is 0.275 e. The van der Waals surface area contributed by atoms with Crippen molar-refractivity contribution < 1.29 is 23.4 Å². The van der Waals surface area contributed by atoms with E-state index >= 15 is 0 Å². The molecule has 0 spiro atoms. The van der Waals surface area contributed by atoms with Crippen LogP contribution in [-0.4, -0.2) is 44.1 Å². The van der Waals surface area contributed by atoms with Gasteiger partial charge in [-0.25, -0.2) is 4.39 Å². The van der Waals surface area contributed by atoms with Crippen LogP contribution in [0.15, 0.2) is 45.7 Å². The zero-order valence-electron chi connectivity index (χ0n) is 19.8. The summed E-state index contributed by atoms with van der Waals surface area (Å²) in [6, 6.07) is 7.94. The third-order valence-corrected chi connectivity index (χ3v) is 6.03. The monoisotopic (exact) mass is 493 g/mol. The van der Waals surface area contributed by atoms with E-state index in [9.17, 15) is 14.3 Å². The number of rotatable bonds is 9. The van der Waals surface area contributed by atoms with Crippen molar-refractivity contribution in [3.8, 4) is 34.5 Å². The van der Waals surface area contributed by atoms with Gasteiger partial charge in [0.05, 0.1) is 26.8 Å². The van der Waals surface area contributed by atoms with E-state index in [-0.39, 0.29) is 23.8 Å². The maximum atomic E-state index is 13.9. The standard InChI is InChI=1S/C25H24FN5O5/c1-34-17-4-3-5-18(35-2)22(17)31-19(11-8-14-6-7-14)28-23(32)21(25(31)33)24-30-29-20(36-24)12-16-10-9-15(26)13-27-16/h3-5,9-10,13-14,32H,6-8,11-12H2,1-2H3. The minimum atomic E-state index is -0.605. The first-order chi connectivity index (χ1) is 17.5. The van der Waals surface area contributed by atoms with Crippen LogP contribution < -0.4 is 15.0 Å². The quantitative estimate of drug-likeness (QED) is 0.373. The van der Waals surface area contributed by atoms with Crippen LogP contribution in [0.25, 0.3) is 17.1 Å². The first kappa shape index (κ1) is 23.5. The van der Waals surface area contributed by atoms with Crippen molar-refractivity contribution in [2.45, 2.75) is 32.1 Å². The third kappa shape index (κ3) is 4.64. The van der Waals surface area contributed by atoms with Crippen LogP contribution in [0.2, 0.25) is 0 Å². The number of para-hydroxylation sites is 1. The fourth-order valence-corrected chi connectivity index (χ4v) is 4.02. The summed E-state index contributed by atoms with van der Waals surface area (Å²) in [7, 11) is 2.99. The molecule has 3 heterocycles. The fourth-order valence-electron chi connectivity index (χ4n) is 4.02. The predicted molar refractivity (Wildman–Crippen MR) is 126 cm³/mol. The van der Waals surface area contributed by atoms with Crippen LogP contribution in [-0.2, 0) is 12.8 Å². The SMILES string of the molecule is COc1cccc(OC)c1-n1c(CCC2CC2)nc(O)c(-c2nnc(Cc3ccc(F)cn3)o2)c1=O. The summed E-state index contributed by atoms with van der Waals surface area (Å²) < 4.78 is 31.3. The van der Waals surface area contributed by atoms with Gasteiger partial charge in [0.1, 0.15) is 28.8 Å². The van der Waals surface area contributed by atoms with Gasteiger partial charge in [-0.1, -0.05) is 18.9 Å². The number of aromatic hydroxyl groups is 1. The maximum absolute atomic E-state index is 13.9. The smallest absolute Gasteiger partial charge is 0.275 e. The van der Waals surface area contributed by atoms with Gasteiger partial charge in [0.2, 0.25) is 11.8 Å². The first-order valence-corrected chi connectivity index (χ1v) is 11.5. The van der Waals surface area contributed by atoms with Crippen LogP contribution in [0.1, 0.15) is 36.7 Å². The Morgan fingerprint density at radius 3 is 2.53 bits per heavy atom. The second-order valence-corrected chi connectivity index (χ2v) is 8.51. The second-order valence-electron chi connectivity index (χ2n) is 8.51. The van der Waals surface area contributed by atoms with E-state index in [0.717, 1.165) is 25.5 Å². The molecule has 36 heavy (non-hydrogen) atoms. The van der Waals surface area contributed by atoms with Crippen molar-refractivity contribution in [2.75, 3.05) is 14.2 Å². The molecule has 1 aliphatic carbocycles. The Labute approximate surface area is 205 Å². The Balaban J connectivity index is 1.62. The third-order valence-electron chi connectivity index (χ3n) is 6.03. The molecule has 0 bridgehead atoms. The summed E-state index contributed by atoms with van der Waals surface area (Å²) >= 11 is 0. The molecule has 0 amide bonds. The van der Waals surface area contributed by atoms with Crippen LogP contribution in [0.3, 0.4) is 0 Å². The largest absolute Gasteiger partial charge is 0.494 e. The first-order valence-electron chi connectivity index (χ1n) is 11.5. The van der Waals surface area contributed by atoms with Crippen LogP contribution in [0.4, 0.5) is 4.39 Å². The highest BCUT2D eigenvalue weighted by atomic mass is 19.1. The van der Waals surface area contributed by atoms with E-state index in [0.29, 0.717) is 41.0 Å². The topological polar surface area (TPSA) is 125 Å². The number of nitrogens with zero attached hydrogens (tertiary/aromatic N) is 5. The molecule has 0 saturated heterocycles. The molecule has 1 fully saturated rings. The molecule has 1 aliphatic rings. The van der Waals surface area contributed by atoms with Gasteiger partial charge in [-0.05, 0) is 36.6 Å². The average molecular weight is 493 g/mol. The lowest BCUT2D eigenvalue weighted by molar-refractivity contribution is 0.388. The summed E-state index contributed by atoms with van der Waals surface area (Å²) in [6.45, 7) is 0. The van der Waals surface area contributed by atoms with Crippen molar-refractivity contribution in [1.29, 1.82) is 0 Å². The number of methoxy groups -OCH3 is 2. The number of ether oxygens (including phenoxy) is 2. The van der Waals surface area contributed by atoms with Gasteiger partial charge in [-0.15, -0.1) is 10.2 Å². The molecule has 0 unspecified atom stereocenters. The van der Waals surface area contributed by atoms with Crippen LogP contribution >= 0.6 is 0 Å². The molecule has 11 heteroatoms. The zero-order valence-corrected chi connectivity index (χ0v) is 19.8. The number of pyridine rings is 1. The molecule has 4 aromatic rings. The van der Waals surface area contributed by atoms with Crippen molar-refractivity contribution in [3.63, 3.8) is 0 Å². The molecular weight excluding hydrogens is 469 g/mol. The van der Waals surface area contributed by atoms with Crippen molar-refractivity contribution in [3.05, 3.63) is 70.1 Å². The predicted octanol–water partition coefficient (Wildman–Crippen LogP) is 3.47. The van der Waals surface area contributed by atoms with Crippen LogP contribution in [0.5, 0.6) is 17.4 Å². The summed E-state index contributed by atoms with van der Waals surface area (Å²) in [4.78, 5) is 22.2. The number of hydrogen-bond donors (Lipinski definition) is 1. The van der Waals surface area contributed by atoms with Gasteiger partial charge in [-0.2, -0.15) is 4.98 Å². The van der Waals surface area contributed by atoms with E-state index in [1.54, 1.807) is 18.2 Å². The van der Waals surface area contributed by atoms with E-state index in [1.807, 2.05) is 0 Å². The summed E-state index contributed by atoms with van der Waals surface area (Å²) in [5.41, 5.74) is 0.0120. The number of aromatic nitrogens is 5. The number of benzene rings is 1. The van der Waals surface area contributed by atoms with Gasteiger partial charge >= 0.3 is 0 Å². The number of aryl methyl sites for hydroxylation is 1. The Bertz CT molecular complexity index is 1420. The Hall–Kier alpha value is -4.28. The normalized spacial score (nSPS) is 13.1. The summed E-state index contributed by atoms with van der Waals surface area (Å²) in [6.07, 6.45) is 4.79. The molecule has 1 N–H and O–H groups in total. The van der Waals surface area contributed by atoms with Crippen molar-refractivity contribution >= 4 is 0 Å². The average Bonchev–Trinajstić information content (AvgIpc) is 3.61. The molecule has 0 aliphatic heterocycles. The highest BCUT2D eigenvalue weighted by Gasteiger charge is 2.28. The van der Waals surface area contributed by atoms with Gasteiger partial charge in [0.25, 0.3) is 11.4 Å². The van der Waals surface area contributed by atoms with Crippen molar-refractivity contribution in [2.24, 2.45) is 5.92 Å². The van der Waals surface area contributed by atoms with Gasteiger partial charge in [0, 0.05) is 12.1 Å². The lowest BCUT2D eigenvalue weighted by atomic mass is 10.1. The lowest BCUT2D eigenvalue weighted by Gasteiger charge is -2.18. The Morgan fingerprint density at radius 1 is 1.14 bits per heavy atom. The highest BCUT2D eigenvalue weighted by Crippen LogP contribution is 2.36. The zero-order chi connectivity index (χ0) is 25.2. The van der Waals surface area contributed by atoms with E-state index in [1.165, 1.54) is 30.9 Å². The molecule has 0 radical (unpaired) electrons. The molecule has 1 aromatic carbocycles. The number of hydrogen-bond acceptors (Lipinski definition) is 9. The lowest BCUT2D eigenvalue weighted by Crippen LogP contribution is -2.26. The highest BCUT2D eigenvalue weighted by molar-refractivity contribution is 5.63. The van der Waals surface area contributed by atoms with Gasteiger partial charge in [0.15, 0.2) is 5.56 Å². The minimum Gasteiger partial charge on any atom is -0.494 e. The minimum absolute atomic E-state index is 0.120. The molecule has 3 aromatic heterocycles. The number of halogens is 1. The molecule has 186 valence electrons. The fraction of sp³-hybridized carbons (Fsp3) is 0.320. The van der Waals surface area contributed by atoms with Crippen molar-refractivity contribution in [1.82, 2.24) is 24.7 Å². The van der Waals surface area contributed by atoms with E-state index < -0.39 is 17.3 Å². The van der Waals surface area contributed by atoms with Gasteiger partial charge < -0.3 is 19.0 Å². The summed E-state index contributed by atoms with van der Waals surface area (Å²) in [5, 5.41) is 18.7. The van der Waals surface area contributed by atoms with E-state index in [2.05, 4.69) is 20.2 Å². The summed E-state index contributed by atoms with van der Waals surface area (Å²) in [5.74, 6) is 0.718. The molecule has 10 nitrogen and oxygen atoms in total. The second kappa shape index (κ2) is 9.76. The van der Waals surface area contributed by atoms with Gasteiger partial charge in [-0.3, -0.25) is 14.3 Å². The molecule has 1 saturated carbocycles. The van der Waals surface area contributed by atoms with Crippen LogP contribution in [0, 0.1) is 11.7 Å². The Morgan fingerprint density at radius 2 is 1.89 bits per heavy atom. The molecule has 0 atom stereocenters.